The molecule has 1 aromatic carbocycles. The summed E-state index contributed by atoms with van der Waals surface area (Å²) in [6, 6.07) is 6.22. The average Bonchev–Trinajstić information content (AvgIpc) is 2.44. The third-order valence-electron chi connectivity index (χ3n) is 2.91. The number of hydrogen-bond acceptors (Lipinski definition) is 3. The Balaban J connectivity index is 2.88. The summed E-state index contributed by atoms with van der Waals surface area (Å²) in [6.07, 6.45) is 0. The largest absolute Gasteiger partial charge is 0.346 e. The number of para-hydroxylation sites is 1. The second-order valence-corrected chi connectivity index (χ2v) is 5.99. The maximum atomic E-state index is 13.1. The van der Waals surface area contributed by atoms with Crippen molar-refractivity contribution >= 4 is 17.5 Å². The third-order valence-corrected chi connectivity index (χ3v) is 2.91. The molecule has 4 N–H and O–H groups in total. The number of amides is 2. The van der Waals surface area contributed by atoms with E-state index in [-0.39, 0.29) is 17.2 Å². The van der Waals surface area contributed by atoms with E-state index < -0.39 is 30.3 Å². The van der Waals surface area contributed by atoms with Crippen LogP contribution in [0.25, 0.3) is 0 Å². The lowest BCUT2D eigenvalue weighted by Gasteiger charge is -2.20. The Bertz CT molecular complexity index is 554. The molecule has 1 rings (SSSR count). The topological polar surface area (TPSA) is 84.2 Å². The number of benzene rings is 1. The van der Waals surface area contributed by atoms with Crippen LogP contribution in [-0.2, 0) is 4.79 Å². The van der Waals surface area contributed by atoms with Crippen LogP contribution in [0.2, 0.25) is 0 Å². The molecule has 0 heterocycles. The van der Waals surface area contributed by atoms with Crippen molar-refractivity contribution in [1.29, 1.82) is 0 Å². The molecule has 5 nitrogen and oxygen atoms in total. The Labute approximate surface area is 128 Å². The van der Waals surface area contributed by atoms with Crippen molar-refractivity contribution < 1.29 is 18.4 Å². The lowest BCUT2D eigenvalue weighted by molar-refractivity contribution is -0.123. The highest BCUT2D eigenvalue weighted by atomic mass is 19.3. The van der Waals surface area contributed by atoms with Gasteiger partial charge >= 0.3 is 0 Å². The molecular formula is C15H21F2N3O2. The summed E-state index contributed by atoms with van der Waals surface area (Å²) in [6.45, 7) is 3.48. The minimum atomic E-state index is -3.17. The van der Waals surface area contributed by atoms with Gasteiger partial charge in [0.1, 0.15) is 0 Å². The summed E-state index contributed by atoms with van der Waals surface area (Å²) in [5.41, 5.74) is 4.67. The number of carbonyl (C=O) groups is 2. The Morgan fingerprint density at radius 3 is 2.32 bits per heavy atom. The van der Waals surface area contributed by atoms with Crippen molar-refractivity contribution in [3.63, 3.8) is 0 Å². The van der Waals surface area contributed by atoms with Crippen LogP contribution in [0.3, 0.4) is 0 Å². The third kappa shape index (κ3) is 5.07. The van der Waals surface area contributed by atoms with Crippen LogP contribution in [-0.4, -0.2) is 30.8 Å². The zero-order valence-corrected chi connectivity index (χ0v) is 12.9. The molecule has 0 aliphatic carbocycles. The van der Waals surface area contributed by atoms with Crippen LogP contribution >= 0.6 is 0 Å². The van der Waals surface area contributed by atoms with Gasteiger partial charge in [0.05, 0.1) is 24.3 Å². The second kappa shape index (κ2) is 6.83. The van der Waals surface area contributed by atoms with Gasteiger partial charge in [-0.15, -0.1) is 0 Å². The smallest absolute Gasteiger partial charge is 0.277 e. The van der Waals surface area contributed by atoms with Gasteiger partial charge in [-0.25, -0.2) is 8.78 Å². The van der Waals surface area contributed by atoms with Gasteiger partial charge in [0.15, 0.2) is 0 Å². The second-order valence-electron chi connectivity index (χ2n) is 5.99. The number of rotatable bonds is 5. The van der Waals surface area contributed by atoms with Gasteiger partial charge in [-0.05, 0) is 12.1 Å². The van der Waals surface area contributed by atoms with Crippen molar-refractivity contribution in [2.24, 2.45) is 11.1 Å². The predicted molar refractivity (Wildman–Crippen MR) is 80.9 cm³/mol. The van der Waals surface area contributed by atoms with Crippen molar-refractivity contribution in [2.75, 3.05) is 18.4 Å². The molecule has 2 amide bonds. The number of anilines is 1. The number of hydrogen-bond donors (Lipinski definition) is 3. The van der Waals surface area contributed by atoms with Crippen LogP contribution in [0.5, 0.6) is 0 Å². The normalized spacial score (nSPS) is 11.9. The molecule has 0 aromatic heterocycles. The van der Waals surface area contributed by atoms with Gasteiger partial charge in [0.2, 0.25) is 5.91 Å². The van der Waals surface area contributed by atoms with E-state index in [1.165, 1.54) is 6.07 Å². The molecule has 7 heteroatoms. The lowest BCUT2D eigenvalue weighted by atomic mass is 9.95. The molecular weight excluding hydrogens is 292 g/mol. The average molecular weight is 313 g/mol. The van der Waals surface area contributed by atoms with Gasteiger partial charge in [-0.3, -0.25) is 9.59 Å². The van der Waals surface area contributed by atoms with E-state index in [1.54, 1.807) is 39.0 Å². The first-order chi connectivity index (χ1) is 10.1. The molecule has 0 spiro atoms. The van der Waals surface area contributed by atoms with Crippen LogP contribution < -0.4 is 16.4 Å². The molecule has 0 saturated carbocycles. The Morgan fingerprint density at radius 1 is 1.18 bits per heavy atom. The predicted octanol–water partition coefficient (Wildman–Crippen LogP) is 1.99. The molecule has 122 valence electrons. The maximum absolute atomic E-state index is 13.1. The summed E-state index contributed by atoms with van der Waals surface area (Å²) >= 11 is 0. The molecule has 0 fully saturated rings. The number of nitrogens with two attached hydrogens (primary N) is 1. The first-order valence-corrected chi connectivity index (χ1v) is 6.83. The monoisotopic (exact) mass is 313 g/mol. The highest BCUT2D eigenvalue weighted by Gasteiger charge is 2.28. The standard InChI is InChI=1S/C15H21F2N3O2/c1-14(2,3)13(22)20-11-7-5-4-6-10(11)12(21)19-9-15(16,17)8-18/h4-7H,8-9,18H2,1-3H3,(H,19,21)(H,20,22). The van der Waals surface area contributed by atoms with E-state index in [4.69, 9.17) is 5.73 Å². The first kappa shape index (κ1) is 18.0. The molecule has 0 bridgehead atoms. The van der Waals surface area contributed by atoms with E-state index in [0.29, 0.717) is 0 Å². The Kier molecular flexibility index (Phi) is 5.59. The van der Waals surface area contributed by atoms with Crippen LogP contribution in [0, 0.1) is 5.41 Å². The highest BCUT2D eigenvalue weighted by molar-refractivity contribution is 6.04. The first-order valence-electron chi connectivity index (χ1n) is 6.83. The van der Waals surface area contributed by atoms with E-state index in [2.05, 4.69) is 10.6 Å². The van der Waals surface area contributed by atoms with Crippen molar-refractivity contribution in [3.05, 3.63) is 29.8 Å². The molecule has 0 radical (unpaired) electrons. The quantitative estimate of drug-likeness (QED) is 0.777. The molecule has 1 aromatic rings. The van der Waals surface area contributed by atoms with Crippen LogP contribution in [0.1, 0.15) is 31.1 Å². The molecule has 0 aliphatic rings. The minimum Gasteiger partial charge on any atom is -0.346 e. The van der Waals surface area contributed by atoms with E-state index in [1.807, 2.05) is 0 Å². The fourth-order valence-corrected chi connectivity index (χ4v) is 1.48. The zero-order chi connectivity index (χ0) is 17.0. The summed E-state index contributed by atoms with van der Waals surface area (Å²) in [5.74, 6) is -4.14. The van der Waals surface area contributed by atoms with Crippen molar-refractivity contribution in [2.45, 2.75) is 26.7 Å². The van der Waals surface area contributed by atoms with Gasteiger partial charge in [0, 0.05) is 5.41 Å². The summed E-state index contributed by atoms with van der Waals surface area (Å²) in [4.78, 5) is 24.0. The molecule has 0 saturated heterocycles. The summed E-state index contributed by atoms with van der Waals surface area (Å²) in [7, 11) is 0. The molecule has 22 heavy (non-hydrogen) atoms. The summed E-state index contributed by atoms with van der Waals surface area (Å²) < 4.78 is 26.2. The zero-order valence-electron chi connectivity index (χ0n) is 12.9. The van der Waals surface area contributed by atoms with Crippen LogP contribution in [0.15, 0.2) is 24.3 Å². The van der Waals surface area contributed by atoms with Gasteiger partial charge in [-0.2, -0.15) is 0 Å². The molecule has 0 unspecified atom stereocenters. The SMILES string of the molecule is CC(C)(C)C(=O)Nc1ccccc1C(=O)NCC(F)(F)CN. The Hall–Kier alpha value is -2.02. The fraction of sp³-hybridized carbons (Fsp3) is 0.467. The molecule has 0 atom stereocenters. The van der Waals surface area contributed by atoms with Gasteiger partial charge < -0.3 is 16.4 Å². The molecule has 0 aliphatic heterocycles. The van der Waals surface area contributed by atoms with Crippen LogP contribution in [0.4, 0.5) is 14.5 Å². The Morgan fingerprint density at radius 2 is 1.77 bits per heavy atom. The van der Waals surface area contributed by atoms with E-state index in [9.17, 15) is 18.4 Å². The van der Waals surface area contributed by atoms with Gasteiger partial charge in [0.25, 0.3) is 11.8 Å². The number of halogens is 2. The number of carbonyl (C=O) groups excluding carboxylic acids is 2. The lowest BCUT2D eigenvalue weighted by Crippen LogP contribution is -2.41. The maximum Gasteiger partial charge on any atom is 0.277 e. The van der Waals surface area contributed by atoms with Gasteiger partial charge in [-0.1, -0.05) is 32.9 Å². The van der Waals surface area contributed by atoms with E-state index >= 15 is 0 Å². The van der Waals surface area contributed by atoms with E-state index in [0.717, 1.165) is 0 Å². The minimum absolute atomic E-state index is 0.118. The fourth-order valence-electron chi connectivity index (χ4n) is 1.48. The number of nitrogens with one attached hydrogen (secondary N) is 2. The highest BCUT2D eigenvalue weighted by Crippen LogP contribution is 2.20. The van der Waals surface area contributed by atoms with Crippen molar-refractivity contribution in [1.82, 2.24) is 5.32 Å². The summed E-state index contributed by atoms with van der Waals surface area (Å²) in [5, 5.41) is 4.75. The van der Waals surface area contributed by atoms with Crippen molar-refractivity contribution in [3.8, 4) is 0 Å². The number of alkyl halides is 2.